The normalized spacial score (nSPS) is 16.2. The second kappa shape index (κ2) is 9.30. The van der Waals surface area contributed by atoms with Crippen molar-refractivity contribution in [2.45, 2.75) is 32.5 Å². The van der Waals surface area contributed by atoms with Gasteiger partial charge in [0.15, 0.2) is 12.2 Å². The lowest BCUT2D eigenvalue weighted by atomic mass is 10.2. The number of hydrogen-bond donors (Lipinski definition) is 1. The molecule has 0 aliphatic carbocycles. The molecule has 1 N–H and O–H groups in total. The highest BCUT2D eigenvalue weighted by Gasteiger charge is 2.31. The Morgan fingerprint density at radius 3 is 2.57 bits per heavy atom. The molecule has 0 fully saturated rings. The van der Waals surface area contributed by atoms with Crippen molar-refractivity contribution in [3.63, 3.8) is 0 Å². The molecule has 0 saturated heterocycles. The van der Waals surface area contributed by atoms with E-state index in [0.29, 0.717) is 22.9 Å². The van der Waals surface area contributed by atoms with E-state index in [9.17, 15) is 14.4 Å². The SMILES string of the molecule is COc1ccc(NC(=O)C(C)OC(=O)CCN2C(=O)C(C)Oc3ccccc32)cc1. The van der Waals surface area contributed by atoms with Gasteiger partial charge in [-0.1, -0.05) is 12.1 Å². The number of para-hydroxylation sites is 2. The third-order valence-corrected chi connectivity index (χ3v) is 4.65. The van der Waals surface area contributed by atoms with E-state index in [0.717, 1.165) is 0 Å². The maximum Gasteiger partial charge on any atom is 0.308 e. The Morgan fingerprint density at radius 1 is 1.17 bits per heavy atom. The summed E-state index contributed by atoms with van der Waals surface area (Å²) in [7, 11) is 1.55. The van der Waals surface area contributed by atoms with Gasteiger partial charge in [-0.2, -0.15) is 0 Å². The number of methoxy groups -OCH3 is 1. The van der Waals surface area contributed by atoms with Crippen LogP contribution in [0.2, 0.25) is 0 Å². The van der Waals surface area contributed by atoms with Gasteiger partial charge in [-0.3, -0.25) is 14.4 Å². The molecule has 0 saturated carbocycles. The van der Waals surface area contributed by atoms with Crippen LogP contribution in [0.15, 0.2) is 48.5 Å². The molecular formula is C22H24N2O6. The van der Waals surface area contributed by atoms with Gasteiger partial charge in [0.25, 0.3) is 11.8 Å². The predicted octanol–water partition coefficient (Wildman–Crippen LogP) is 2.77. The number of carbonyl (C=O) groups excluding carboxylic acids is 3. The van der Waals surface area contributed by atoms with Crippen LogP contribution in [0, 0.1) is 0 Å². The van der Waals surface area contributed by atoms with Crippen molar-refractivity contribution in [3.8, 4) is 11.5 Å². The molecule has 2 amide bonds. The minimum Gasteiger partial charge on any atom is -0.497 e. The number of esters is 1. The molecule has 0 aromatic heterocycles. The molecule has 2 aromatic carbocycles. The molecule has 0 radical (unpaired) electrons. The van der Waals surface area contributed by atoms with Gasteiger partial charge in [-0.25, -0.2) is 0 Å². The zero-order valence-corrected chi connectivity index (χ0v) is 17.1. The Morgan fingerprint density at radius 2 is 1.87 bits per heavy atom. The number of nitrogens with zero attached hydrogens (tertiary/aromatic N) is 1. The number of nitrogens with one attached hydrogen (secondary N) is 1. The van der Waals surface area contributed by atoms with E-state index in [4.69, 9.17) is 14.2 Å². The third-order valence-electron chi connectivity index (χ3n) is 4.65. The van der Waals surface area contributed by atoms with Crippen molar-refractivity contribution in [1.29, 1.82) is 0 Å². The van der Waals surface area contributed by atoms with E-state index in [2.05, 4.69) is 5.32 Å². The monoisotopic (exact) mass is 412 g/mol. The van der Waals surface area contributed by atoms with Gasteiger partial charge in [0.1, 0.15) is 11.5 Å². The van der Waals surface area contributed by atoms with E-state index >= 15 is 0 Å². The lowest BCUT2D eigenvalue weighted by molar-refractivity contribution is -0.153. The minimum absolute atomic E-state index is 0.0487. The van der Waals surface area contributed by atoms with Crippen LogP contribution >= 0.6 is 0 Å². The molecule has 8 nitrogen and oxygen atoms in total. The van der Waals surface area contributed by atoms with Gasteiger partial charge >= 0.3 is 5.97 Å². The standard InChI is InChI=1S/C22H24N2O6/c1-14(21(26)23-16-8-10-17(28-3)11-9-16)30-20(25)12-13-24-18-6-4-5-7-19(18)29-15(2)22(24)27/h4-11,14-15H,12-13H2,1-3H3,(H,23,26). The zero-order valence-electron chi connectivity index (χ0n) is 17.1. The van der Waals surface area contributed by atoms with Gasteiger partial charge in [0, 0.05) is 12.2 Å². The number of fused-ring (bicyclic) bond motifs is 1. The number of carbonyl (C=O) groups is 3. The molecule has 8 heteroatoms. The largest absolute Gasteiger partial charge is 0.497 e. The molecular weight excluding hydrogens is 388 g/mol. The minimum atomic E-state index is -0.980. The maximum absolute atomic E-state index is 12.5. The van der Waals surface area contributed by atoms with E-state index in [1.807, 2.05) is 6.07 Å². The van der Waals surface area contributed by atoms with Crippen molar-refractivity contribution in [2.75, 3.05) is 23.9 Å². The molecule has 158 valence electrons. The summed E-state index contributed by atoms with van der Waals surface area (Å²) >= 11 is 0. The summed E-state index contributed by atoms with van der Waals surface area (Å²) in [5.41, 5.74) is 1.17. The molecule has 30 heavy (non-hydrogen) atoms. The Kier molecular flexibility index (Phi) is 6.56. The molecule has 0 bridgehead atoms. The second-order valence-electron chi connectivity index (χ2n) is 6.82. The van der Waals surface area contributed by atoms with E-state index in [1.165, 1.54) is 11.8 Å². The predicted molar refractivity (Wildman–Crippen MR) is 111 cm³/mol. The van der Waals surface area contributed by atoms with Crippen LogP contribution in [0.1, 0.15) is 20.3 Å². The Hall–Kier alpha value is -3.55. The molecule has 1 aliphatic rings. The summed E-state index contributed by atoms with van der Waals surface area (Å²) < 4.78 is 15.9. The van der Waals surface area contributed by atoms with Gasteiger partial charge in [-0.15, -0.1) is 0 Å². The number of amides is 2. The van der Waals surface area contributed by atoms with Crippen LogP contribution in [0.25, 0.3) is 0 Å². The van der Waals surface area contributed by atoms with E-state index < -0.39 is 24.1 Å². The van der Waals surface area contributed by atoms with Crippen LogP contribution in [0.4, 0.5) is 11.4 Å². The fraction of sp³-hybridized carbons (Fsp3) is 0.318. The second-order valence-corrected chi connectivity index (χ2v) is 6.82. The summed E-state index contributed by atoms with van der Waals surface area (Å²) in [5.74, 6) is 0.00442. The third kappa shape index (κ3) is 4.89. The highest BCUT2D eigenvalue weighted by Crippen LogP contribution is 2.33. The van der Waals surface area contributed by atoms with Crippen molar-refractivity contribution in [1.82, 2.24) is 0 Å². The highest BCUT2D eigenvalue weighted by atomic mass is 16.5. The zero-order chi connectivity index (χ0) is 21.7. The summed E-state index contributed by atoms with van der Waals surface area (Å²) in [6, 6.07) is 13.9. The number of benzene rings is 2. The van der Waals surface area contributed by atoms with Gasteiger partial charge < -0.3 is 24.4 Å². The summed E-state index contributed by atoms with van der Waals surface area (Å²) in [6.07, 6.45) is -1.66. The summed E-state index contributed by atoms with van der Waals surface area (Å²) in [5, 5.41) is 2.68. The Labute approximate surface area is 174 Å². The maximum atomic E-state index is 12.5. The summed E-state index contributed by atoms with van der Waals surface area (Å²) in [4.78, 5) is 38.5. The molecule has 0 spiro atoms. The lowest BCUT2D eigenvalue weighted by Gasteiger charge is -2.32. The van der Waals surface area contributed by atoms with Crippen LogP contribution in [-0.2, 0) is 19.1 Å². The molecule has 2 atom stereocenters. The highest BCUT2D eigenvalue weighted by molar-refractivity contribution is 6.00. The molecule has 2 unspecified atom stereocenters. The van der Waals surface area contributed by atoms with Crippen molar-refractivity contribution in [2.24, 2.45) is 0 Å². The van der Waals surface area contributed by atoms with Crippen LogP contribution in [-0.4, -0.2) is 43.6 Å². The number of ether oxygens (including phenoxy) is 3. The quantitative estimate of drug-likeness (QED) is 0.703. The Balaban J connectivity index is 1.53. The first-order chi connectivity index (χ1) is 14.4. The Bertz CT molecular complexity index is 927. The van der Waals surface area contributed by atoms with Gasteiger partial charge in [0.05, 0.1) is 19.2 Å². The van der Waals surface area contributed by atoms with Crippen LogP contribution < -0.4 is 19.7 Å². The molecule has 2 aromatic rings. The van der Waals surface area contributed by atoms with Gasteiger partial charge in [0.2, 0.25) is 0 Å². The molecule has 3 rings (SSSR count). The number of hydrogen-bond acceptors (Lipinski definition) is 6. The first kappa shape index (κ1) is 21.2. The van der Waals surface area contributed by atoms with E-state index in [-0.39, 0.29) is 18.9 Å². The van der Waals surface area contributed by atoms with Crippen LogP contribution in [0.5, 0.6) is 11.5 Å². The number of rotatable bonds is 7. The van der Waals surface area contributed by atoms with E-state index in [1.54, 1.807) is 56.5 Å². The first-order valence-corrected chi connectivity index (χ1v) is 9.60. The lowest BCUT2D eigenvalue weighted by Crippen LogP contribution is -2.45. The first-order valence-electron chi connectivity index (χ1n) is 9.60. The van der Waals surface area contributed by atoms with Crippen molar-refractivity contribution >= 4 is 29.2 Å². The van der Waals surface area contributed by atoms with Gasteiger partial charge in [-0.05, 0) is 50.2 Å². The molecule has 1 heterocycles. The summed E-state index contributed by atoms with van der Waals surface area (Å²) in [6.45, 7) is 3.29. The topological polar surface area (TPSA) is 94.2 Å². The average Bonchev–Trinajstić information content (AvgIpc) is 2.74. The average molecular weight is 412 g/mol. The molecule has 1 aliphatic heterocycles. The fourth-order valence-corrected chi connectivity index (χ4v) is 3.02. The van der Waals surface area contributed by atoms with Crippen molar-refractivity contribution in [3.05, 3.63) is 48.5 Å². The van der Waals surface area contributed by atoms with Crippen molar-refractivity contribution < 1.29 is 28.6 Å². The fourth-order valence-electron chi connectivity index (χ4n) is 3.02. The number of anilines is 2. The smallest absolute Gasteiger partial charge is 0.308 e. The van der Waals surface area contributed by atoms with Crippen LogP contribution in [0.3, 0.4) is 0 Å².